The molecular formula is C15H23N3O3. The Hall–Kier alpha value is -1.69. The molecule has 6 nitrogen and oxygen atoms in total. The number of aliphatic hydroxyl groups is 1. The molecule has 0 radical (unpaired) electrons. The molecule has 1 aliphatic carbocycles. The Morgan fingerprint density at radius 3 is 2.90 bits per heavy atom. The number of aromatic nitrogens is 1. The van der Waals surface area contributed by atoms with Crippen LogP contribution in [-0.2, 0) is 0 Å². The molecule has 0 amide bonds. The Morgan fingerprint density at radius 1 is 1.48 bits per heavy atom. The zero-order valence-corrected chi connectivity index (χ0v) is 12.4. The third-order valence-corrected chi connectivity index (χ3v) is 4.21. The van der Waals surface area contributed by atoms with Crippen LogP contribution in [-0.4, -0.2) is 27.7 Å². The van der Waals surface area contributed by atoms with Gasteiger partial charge in [-0.2, -0.15) is 0 Å². The molecule has 1 saturated carbocycles. The standard InChI is InChI=1S/C15H23N3O3/c1-11-9-15(17-10-13(11)18(20)21)16-8-4-6-12-5-2-3-7-14(12)19/h9-10,12,14,19H,2-8H2,1H3,(H,16,17). The first-order chi connectivity index (χ1) is 10.1. The second-order valence-electron chi connectivity index (χ2n) is 5.79. The first-order valence-corrected chi connectivity index (χ1v) is 7.61. The molecule has 1 aliphatic rings. The highest BCUT2D eigenvalue weighted by Gasteiger charge is 2.22. The van der Waals surface area contributed by atoms with Crippen LogP contribution in [0.1, 0.15) is 44.1 Å². The van der Waals surface area contributed by atoms with Crippen molar-refractivity contribution in [3.63, 3.8) is 0 Å². The zero-order valence-electron chi connectivity index (χ0n) is 12.4. The summed E-state index contributed by atoms with van der Waals surface area (Å²) in [7, 11) is 0. The lowest BCUT2D eigenvalue weighted by atomic mass is 9.83. The normalized spacial score (nSPS) is 22.0. The predicted molar refractivity (Wildman–Crippen MR) is 81.3 cm³/mol. The number of aliphatic hydroxyl groups excluding tert-OH is 1. The van der Waals surface area contributed by atoms with Crippen LogP contribution in [0.3, 0.4) is 0 Å². The van der Waals surface area contributed by atoms with Gasteiger partial charge in [0.15, 0.2) is 0 Å². The van der Waals surface area contributed by atoms with E-state index in [-0.39, 0.29) is 11.8 Å². The van der Waals surface area contributed by atoms with E-state index in [4.69, 9.17) is 0 Å². The van der Waals surface area contributed by atoms with E-state index in [9.17, 15) is 15.2 Å². The molecule has 2 unspecified atom stereocenters. The SMILES string of the molecule is Cc1cc(NCCCC2CCCCC2O)ncc1[N+](=O)[O-]. The Bertz CT molecular complexity index is 493. The van der Waals surface area contributed by atoms with Gasteiger partial charge in [-0.1, -0.05) is 12.8 Å². The Labute approximate surface area is 124 Å². The van der Waals surface area contributed by atoms with Crippen molar-refractivity contribution in [2.24, 2.45) is 5.92 Å². The summed E-state index contributed by atoms with van der Waals surface area (Å²) in [6.45, 7) is 2.48. The van der Waals surface area contributed by atoms with Crippen molar-refractivity contribution in [2.45, 2.75) is 51.6 Å². The molecule has 0 spiro atoms. The van der Waals surface area contributed by atoms with Gasteiger partial charge in [-0.3, -0.25) is 10.1 Å². The van der Waals surface area contributed by atoms with Gasteiger partial charge in [0.25, 0.3) is 5.69 Å². The molecule has 0 bridgehead atoms. The summed E-state index contributed by atoms with van der Waals surface area (Å²) in [6, 6.07) is 1.70. The van der Waals surface area contributed by atoms with Crippen molar-refractivity contribution in [3.05, 3.63) is 27.9 Å². The monoisotopic (exact) mass is 293 g/mol. The van der Waals surface area contributed by atoms with Gasteiger partial charge in [0.1, 0.15) is 12.0 Å². The maximum atomic E-state index is 10.7. The van der Waals surface area contributed by atoms with Crippen molar-refractivity contribution in [3.8, 4) is 0 Å². The van der Waals surface area contributed by atoms with E-state index in [0.717, 1.165) is 38.6 Å². The van der Waals surface area contributed by atoms with Gasteiger partial charge in [-0.05, 0) is 44.6 Å². The van der Waals surface area contributed by atoms with Gasteiger partial charge in [-0.15, -0.1) is 0 Å². The molecule has 2 rings (SSSR count). The molecule has 0 saturated heterocycles. The maximum absolute atomic E-state index is 10.7. The highest BCUT2D eigenvalue weighted by atomic mass is 16.6. The Morgan fingerprint density at radius 2 is 2.24 bits per heavy atom. The molecule has 6 heteroatoms. The second-order valence-corrected chi connectivity index (χ2v) is 5.79. The van der Waals surface area contributed by atoms with Gasteiger partial charge < -0.3 is 10.4 Å². The molecule has 0 aromatic carbocycles. The highest BCUT2D eigenvalue weighted by Crippen LogP contribution is 2.27. The van der Waals surface area contributed by atoms with E-state index in [1.807, 2.05) is 0 Å². The van der Waals surface area contributed by atoms with E-state index < -0.39 is 4.92 Å². The fraction of sp³-hybridized carbons (Fsp3) is 0.667. The van der Waals surface area contributed by atoms with Crippen LogP contribution in [0.25, 0.3) is 0 Å². The summed E-state index contributed by atoms with van der Waals surface area (Å²) in [6.07, 6.45) is 7.55. The topological polar surface area (TPSA) is 88.3 Å². The fourth-order valence-electron chi connectivity index (χ4n) is 2.94. The van der Waals surface area contributed by atoms with Gasteiger partial charge in [-0.25, -0.2) is 4.98 Å². The number of nitro groups is 1. The number of hydrogen-bond donors (Lipinski definition) is 2. The molecule has 21 heavy (non-hydrogen) atoms. The van der Waals surface area contributed by atoms with Crippen molar-refractivity contribution in [1.82, 2.24) is 4.98 Å². The molecule has 1 aromatic rings. The summed E-state index contributed by atoms with van der Waals surface area (Å²) in [5.74, 6) is 1.09. The summed E-state index contributed by atoms with van der Waals surface area (Å²) in [4.78, 5) is 14.4. The molecule has 0 aliphatic heterocycles. The number of nitrogens with zero attached hydrogens (tertiary/aromatic N) is 2. The number of rotatable bonds is 6. The van der Waals surface area contributed by atoms with Crippen molar-refractivity contribution >= 4 is 11.5 Å². The predicted octanol–water partition coefficient (Wildman–Crippen LogP) is 3.04. The molecule has 116 valence electrons. The summed E-state index contributed by atoms with van der Waals surface area (Å²) < 4.78 is 0. The second kappa shape index (κ2) is 7.36. The Kier molecular flexibility index (Phi) is 5.50. The minimum absolute atomic E-state index is 0.0471. The lowest BCUT2D eigenvalue weighted by Gasteiger charge is -2.27. The van der Waals surface area contributed by atoms with E-state index in [0.29, 0.717) is 17.3 Å². The van der Waals surface area contributed by atoms with Gasteiger partial charge >= 0.3 is 0 Å². The van der Waals surface area contributed by atoms with E-state index in [1.54, 1.807) is 13.0 Å². The smallest absolute Gasteiger partial charge is 0.290 e. The number of hydrogen-bond acceptors (Lipinski definition) is 5. The minimum Gasteiger partial charge on any atom is -0.393 e. The van der Waals surface area contributed by atoms with Crippen LogP contribution < -0.4 is 5.32 Å². The summed E-state index contributed by atoms with van der Waals surface area (Å²) in [5.41, 5.74) is 0.658. The molecule has 2 N–H and O–H groups in total. The van der Waals surface area contributed by atoms with Gasteiger partial charge in [0, 0.05) is 12.1 Å². The molecular weight excluding hydrogens is 270 g/mol. The largest absolute Gasteiger partial charge is 0.393 e. The lowest BCUT2D eigenvalue weighted by Crippen LogP contribution is -2.24. The zero-order chi connectivity index (χ0) is 15.2. The highest BCUT2D eigenvalue weighted by molar-refractivity contribution is 5.46. The van der Waals surface area contributed by atoms with Crippen molar-refractivity contribution in [1.29, 1.82) is 0 Å². The molecule has 1 fully saturated rings. The van der Waals surface area contributed by atoms with Crippen molar-refractivity contribution < 1.29 is 10.0 Å². The minimum atomic E-state index is -0.420. The van der Waals surface area contributed by atoms with E-state index in [1.165, 1.54) is 12.6 Å². The third kappa shape index (κ3) is 4.39. The summed E-state index contributed by atoms with van der Waals surface area (Å²) >= 11 is 0. The quantitative estimate of drug-likeness (QED) is 0.478. The third-order valence-electron chi connectivity index (χ3n) is 4.21. The number of pyridine rings is 1. The lowest BCUT2D eigenvalue weighted by molar-refractivity contribution is -0.385. The van der Waals surface area contributed by atoms with Crippen LogP contribution >= 0.6 is 0 Å². The fourth-order valence-corrected chi connectivity index (χ4v) is 2.94. The first kappa shape index (κ1) is 15.7. The van der Waals surface area contributed by atoms with E-state index >= 15 is 0 Å². The first-order valence-electron chi connectivity index (χ1n) is 7.61. The number of anilines is 1. The van der Waals surface area contributed by atoms with Crippen LogP contribution in [0.4, 0.5) is 11.5 Å². The van der Waals surface area contributed by atoms with Crippen LogP contribution in [0.2, 0.25) is 0 Å². The average molecular weight is 293 g/mol. The Balaban J connectivity index is 1.76. The van der Waals surface area contributed by atoms with Crippen LogP contribution in [0, 0.1) is 23.0 Å². The van der Waals surface area contributed by atoms with Crippen LogP contribution in [0.15, 0.2) is 12.3 Å². The van der Waals surface area contributed by atoms with E-state index in [2.05, 4.69) is 10.3 Å². The molecule has 1 heterocycles. The van der Waals surface area contributed by atoms with Crippen LogP contribution in [0.5, 0.6) is 0 Å². The molecule has 2 atom stereocenters. The molecule has 1 aromatic heterocycles. The number of nitrogens with one attached hydrogen (secondary N) is 1. The van der Waals surface area contributed by atoms with Crippen molar-refractivity contribution in [2.75, 3.05) is 11.9 Å². The average Bonchev–Trinajstić information content (AvgIpc) is 2.45. The van der Waals surface area contributed by atoms with Gasteiger partial charge in [0.2, 0.25) is 0 Å². The summed E-state index contributed by atoms with van der Waals surface area (Å²) in [5, 5.41) is 23.8. The number of aryl methyl sites for hydroxylation is 1. The maximum Gasteiger partial charge on any atom is 0.290 e. The van der Waals surface area contributed by atoms with Gasteiger partial charge in [0.05, 0.1) is 11.0 Å².